The van der Waals surface area contributed by atoms with Gasteiger partial charge in [-0.15, -0.1) is 0 Å². The number of ether oxygens (including phenoxy) is 2. The summed E-state index contributed by atoms with van der Waals surface area (Å²) in [5.41, 5.74) is 2.27. The van der Waals surface area contributed by atoms with Crippen molar-refractivity contribution in [3.63, 3.8) is 0 Å². The van der Waals surface area contributed by atoms with E-state index in [2.05, 4.69) is 26.7 Å². The van der Waals surface area contributed by atoms with Crippen LogP contribution < -0.4 is 10.6 Å². The number of hydrogen-bond donors (Lipinski definition) is 2. The average molecular weight is 503 g/mol. The summed E-state index contributed by atoms with van der Waals surface area (Å²) < 4.78 is 13.0. The van der Waals surface area contributed by atoms with E-state index in [1.165, 1.54) is 12.8 Å². The summed E-state index contributed by atoms with van der Waals surface area (Å²) in [7, 11) is 0. The van der Waals surface area contributed by atoms with E-state index in [-0.39, 0.29) is 0 Å². The van der Waals surface area contributed by atoms with Crippen LogP contribution >= 0.6 is 0 Å². The molecule has 0 atom stereocenters. The topological polar surface area (TPSA) is 113 Å². The Balaban J connectivity index is 1.19. The minimum Gasteiger partial charge on any atom is -0.381 e. The zero-order valence-corrected chi connectivity index (χ0v) is 21.1. The third-order valence-corrected chi connectivity index (χ3v) is 7.85. The molecule has 1 aromatic carbocycles. The molecule has 1 saturated carbocycles. The van der Waals surface area contributed by atoms with Crippen molar-refractivity contribution in [2.45, 2.75) is 56.7 Å². The van der Waals surface area contributed by atoms with Crippen LogP contribution in [0.3, 0.4) is 0 Å². The zero-order chi connectivity index (χ0) is 25.0. The number of fused-ring (bicyclic) bond motifs is 1. The number of morpholine rings is 1. The van der Waals surface area contributed by atoms with Gasteiger partial charge in [0.2, 0.25) is 5.95 Å². The number of hydrogen-bond acceptors (Lipinski definition) is 9. The van der Waals surface area contributed by atoms with E-state index >= 15 is 0 Å². The van der Waals surface area contributed by atoms with Gasteiger partial charge in [0.25, 0.3) is 0 Å². The molecule has 0 spiro atoms. The van der Waals surface area contributed by atoms with Crippen molar-refractivity contribution in [3.8, 4) is 6.07 Å². The number of nitriles is 1. The summed E-state index contributed by atoms with van der Waals surface area (Å²) in [6.07, 6.45) is 10.3. The second-order valence-electron chi connectivity index (χ2n) is 10.2. The molecule has 2 aromatic heterocycles. The van der Waals surface area contributed by atoms with Crippen LogP contribution in [0.15, 0.2) is 30.6 Å². The summed E-state index contributed by atoms with van der Waals surface area (Å²) in [6, 6.07) is 9.16. The Morgan fingerprint density at radius 3 is 2.49 bits per heavy atom. The van der Waals surface area contributed by atoms with E-state index in [1.54, 1.807) is 6.07 Å². The molecule has 2 N–H and O–H groups in total. The number of aromatic nitrogens is 4. The standard InChI is InChI=1S/C27H34N8O2/c28-16-19-1-6-25-24(15-19)26(30-20-2-4-22(5-3-20)34-9-13-37-14-10-34)33-27(32-25)31-21-17-29-35(18-21)23-7-11-36-12-8-23/h1,6,15,17-18,20,22-23H,2-5,7-14H2,(H2,30,31,32,33)/t20-,22-. The summed E-state index contributed by atoms with van der Waals surface area (Å²) in [5, 5.41) is 22.0. The van der Waals surface area contributed by atoms with Gasteiger partial charge >= 0.3 is 0 Å². The molecule has 4 heterocycles. The third-order valence-electron chi connectivity index (χ3n) is 7.85. The Labute approximate surface area is 217 Å². The first-order chi connectivity index (χ1) is 18.2. The van der Waals surface area contributed by atoms with Gasteiger partial charge in [0.15, 0.2) is 0 Å². The molecule has 3 aliphatic rings. The lowest BCUT2D eigenvalue weighted by Crippen LogP contribution is -2.46. The third kappa shape index (κ3) is 5.54. The molecule has 2 aliphatic heterocycles. The summed E-state index contributed by atoms with van der Waals surface area (Å²) >= 11 is 0. The maximum Gasteiger partial charge on any atom is 0.229 e. The molecule has 37 heavy (non-hydrogen) atoms. The summed E-state index contributed by atoms with van der Waals surface area (Å²) in [5.74, 6) is 1.30. The van der Waals surface area contributed by atoms with Crippen LogP contribution in [-0.4, -0.2) is 76.2 Å². The smallest absolute Gasteiger partial charge is 0.229 e. The lowest BCUT2D eigenvalue weighted by Gasteiger charge is -2.39. The van der Waals surface area contributed by atoms with Crippen LogP contribution in [0.5, 0.6) is 0 Å². The number of benzene rings is 1. The molecule has 10 nitrogen and oxygen atoms in total. The highest BCUT2D eigenvalue weighted by Gasteiger charge is 2.27. The second kappa shape index (κ2) is 11.0. The van der Waals surface area contributed by atoms with Crippen molar-refractivity contribution in [2.24, 2.45) is 0 Å². The van der Waals surface area contributed by atoms with Gasteiger partial charge in [-0.3, -0.25) is 9.58 Å². The van der Waals surface area contributed by atoms with Gasteiger partial charge < -0.3 is 20.1 Å². The monoisotopic (exact) mass is 502 g/mol. The summed E-state index contributed by atoms with van der Waals surface area (Å²) in [4.78, 5) is 12.2. The highest BCUT2D eigenvalue weighted by molar-refractivity contribution is 5.91. The van der Waals surface area contributed by atoms with Gasteiger partial charge in [-0.2, -0.15) is 15.3 Å². The predicted octanol–water partition coefficient (Wildman–Crippen LogP) is 3.85. The fourth-order valence-electron chi connectivity index (χ4n) is 5.77. The maximum absolute atomic E-state index is 9.47. The minimum atomic E-state index is 0.338. The molecule has 10 heteroatoms. The molecule has 0 radical (unpaired) electrons. The van der Waals surface area contributed by atoms with Crippen LogP contribution in [0.1, 0.15) is 50.1 Å². The first-order valence-corrected chi connectivity index (χ1v) is 13.4. The molecule has 194 valence electrons. The van der Waals surface area contributed by atoms with Gasteiger partial charge in [-0.1, -0.05) is 0 Å². The van der Waals surface area contributed by atoms with E-state index < -0.39 is 0 Å². The van der Waals surface area contributed by atoms with Gasteiger partial charge in [0.05, 0.1) is 48.3 Å². The number of nitrogens with one attached hydrogen (secondary N) is 2. The number of rotatable bonds is 6. The van der Waals surface area contributed by atoms with E-state index in [9.17, 15) is 5.26 Å². The van der Waals surface area contributed by atoms with Crippen molar-refractivity contribution in [3.05, 3.63) is 36.2 Å². The van der Waals surface area contributed by atoms with Gasteiger partial charge in [-0.25, -0.2) is 4.98 Å². The van der Waals surface area contributed by atoms with Crippen LogP contribution in [0.2, 0.25) is 0 Å². The second-order valence-corrected chi connectivity index (χ2v) is 10.2. The van der Waals surface area contributed by atoms with Gasteiger partial charge in [-0.05, 0) is 56.7 Å². The van der Waals surface area contributed by atoms with Crippen molar-refractivity contribution in [1.82, 2.24) is 24.6 Å². The first-order valence-electron chi connectivity index (χ1n) is 13.4. The largest absolute Gasteiger partial charge is 0.381 e. The van der Waals surface area contributed by atoms with E-state index in [0.717, 1.165) is 87.6 Å². The normalized spacial score (nSPS) is 23.5. The van der Waals surface area contributed by atoms with Crippen molar-refractivity contribution < 1.29 is 9.47 Å². The van der Waals surface area contributed by atoms with Crippen molar-refractivity contribution in [1.29, 1.82) is 5.26 Å². The zero-order valence-electron chi connectivity index (χ0n) is 21.1. The predicted molar refractivity (Wildman–Crippen MR) is 141 cm³/mol. The molecule has 2 saturated heterocycles. The Hall–Kier alpha value is -3.26. The van der Waals surface area contributed by atoms with Crippen molar-refractivity contribution in [2.75, 3.05) is 50.2 Å². The molecule has 0 unspecified atom stereocenters. The van der Waals surface area contributed by atoms with Crippen LogP contribution in [-0.2, 0) is 9.47 Å². The Kier molecular flexibility index (Phi) is 7.17. The fourth-order valence-corrected chi connectivity index (χ4v) is 5.77. The van der Waals surface area contributed by atoms with E-state index in [4.69, 9.17) is 19.4 Å². The molecule has 0 bridgehead atoms. The van der Waals surface area contributed by atoms with Gasteiger partial charge in [0.1, 0.15) is 5.82 Å². The van der Waals surface area contributed by atoms with Crippen LogP contribution in [0.4, 0.5) is 17.5 Å². The van der Waals surface area contributed by atoms with E-state index in [1.807, 2.05) is 29.2 Å². The lowest BCUT2D eigenvalue weighted by atomic mass is 9.90. The minimum absolute atomic E-state index is 0.338. The first kappa shape index (κ1) is 24.1. The molecule has 6 rings (SSSR count). The average Bonchev–Trinajstić information content (AvgIpc) is 3.43. The number of anilines is 3. The Bertz CT molecular complexity index is 1250. The molecular formula is C27H34N8O2. The molecule has 1 aliphatic carbocycles. The Morgan fingerprint density at radius 1 is 0.919 bits per heavy atom. The lowest BCUT2D eigenvalue weighted by molar-refractivity contribution is 0.00791. The number of nitrogens with zero attached hydrogens (tertiary/aromatic N) is 6. The SMILES string of the molecule is N#Cc1ccc2nc(Nc3cnn(C4CCOCC4)c3)nc(N[C@H]3CC[C@H](N4CCOCC4)CC3)c2c1. The highest BCUT2D eigenvalue weighted by atomic mass is 16.5. The molecule has 0 amide bonds. The highest BCUT2D eigenvalue weighted by Crippen LogP contribution is 2.30. The quantitative estimate of drug-likeness (QED) is 0.519. The molecule has 3 fully saturated rings. The fraction of sp³-hybridized carbons (Fsp3) is 0.556. The van der Waals surface area contributed by atoms with Crippen LogP contribution in [0, 0.1) is 11.3 Å². The van der Waals surface area contributed by atoms with Gasteiger partial charge in [0, 0.05) is 50.0 Å². The maximum atomic E-state index is 9.47. The van der Waals surface area contributed by atoms with E-state index in [0.29, 0.717) is 29.6 Å². The molecular weight excluding hydrogens is 468 g/mol. The Morgan fingerprint density at radius 2 is 1.70 bits per heavy atom. The molecule has 3 aromatic rings. The van der Waals surface area contributed by atoms with Crippen LogP contribution in [0.25, 0.3) is 10.9 Å². The summed E-state index contributed by atoms with van der Waals surface area (Å²) in [6.45, 7) is 5.31. The van der Waals surface area contributed by atoms with Crippen molar-refractivity contribution >= 4 is 28.4 Å².